The lowest BCUT2D eigenvalue weighted by atomic mass is 10.1. The second-order valence-corrected chi connectivity index (χ2v) is 6.36. The number of hydrogen-bond donors (Lipinski definition) is 1. The van der Waals surface area contributed by atoms with E-state index in [4.69, 9.17) is 0 Å². The highest BCUT2D eigenvalue weighted by Crippen LogP contribution is 2.24. The van der Waals surface area contributed by atoms with Crippen LogP contribution in [0.2, 0.25) is 0 Å². The Kier molecular flexibility index (Phi) is 3.77. The van der Waals surface area contributed by atoms with E-state index in [0.717, 1.165) is 11.4 Å². The number of hydrogen-bond acceptors (Lipinski definition) is 4. The van der Waals surface area contributed by atoms with Crippen LogP contribution in [0.25, 0.3) is 5.69 Å². The van der Waals surface area contributed by atoms with E-state index in [-0.39, 0.29) is 11.6 Å². The molecule has 1 aliphatic heterocycles. The predicted octanol–water partition coefficient (Wildman–Crippen LogP) is 3.24. The lowest BCUT2D eigenvalue weighted by Crippen LogP contribution is -2.16. The third kappa shape index (κ3) is 2.78. The molecule has 0 aliphatic carbocycles. The maximum atomic E-state index is 13.5. The molecular weight excluding hydrogens is 339 g/mol. The Morgan fingerprint density at radius 2 is 1.92 bits per heavy atom. The van der Waals surface area contributed by atoms with Crippen LogP contribution in [-0.4, -0.2) is 16.2 Å². The molecule has 5 nitrogen and oxygen atoms in total. The van der Waals surface area contributed by atoms with Gasteiger partial charge >= 0.3 is 0 Å². The normalized spacial score (nSPS) is 15.5. The number of nitrogens with one attached hydrogen (secondary N) is 1. The molecule has 0 bridgehead atoms. The van der Waals surface area contributed by atoms with Gasteiger partial charge in [0.15, 0.2) is 5.71 Å². The number of benzene rings is 2. The number of para-hydroxylation sites is 1. The van der Waals surface area contributed by atoms with E-state index in [0.29, 0.717) is 16.1 Å². The molecule has 0 unspecified atom stereocenters. The first-order chi connectivity index (χ1) is 12.1. The maximum absolute atomic E-state index is 13.5. The van der Waals surface area contributed by atoms with E-state index in [1.807, 2.05) is 47.2 Å². The third-order valence-corrected chi connectivity index (χ3v) is 4.76. The summed E-state index contributed by atoms with van der Waals surface area (Å²) in [6.45, 7) is 1.97. The van der Waals surface area contributed by atoms with Crippen LogP contribution in [0.5, 0.6) is 0 Å². The molecule has 0 saturated heterocycles. The smallest absolute Gasteiger partial charge is 0.276 e. The van der Waals surface area contributed by atoms with Gasteiger partial charge in [0.1, 0.15) is 5.82 Å². The largest absolute Gasteiger partial charge is 0.320 e. The van der Waals surface area contributed by atoms with Gasteiger partial charge in [0.2, 0.25) is 4.80 Å². The summed E-state index contributed by atoms with van der Waals surface area (Å²) >= 11 is 1.42. The van der Waals surface area contributed by atoms with E-state index in [2.05, 4.69) is 15.5 Å². The van der Waals surface area contributed by atoms with Crippen LogP contribution < -0.4 is 10.1 Å². The van der Waals surface area contributed by atoms with Crippen LogP contribution in [-0.2, 0) is 4.79 Å². The van der Waals surface area contributed by atoms with Crippen molar-refractivity contribution in [3.05, 3.63) is 75.8 Å². The number of halogens is 1. The number of rotatable bonds is 2. The van der Waals surface area contributed by atoms with Gasteiger partial charge in [-0.2, -0.15) is 0 Å². The molecule has 4 rings (SSSR count). The minimum Gasteiger partial charge on any atom is -0.320 e. The molecule has 0 radical (unpaired) electrons. The summed E-state index contributed by atoms with van der Waals surface area (Å²) < 4.78 is 15.4. The van der Waals surface area contributed by atoms with Crippen molar-refractivity contribution in [3.8, 4) is 5.69 Å². The minimum atomic E-state index is -0.422. The fraction of sp³-hybridized carbons (Fsp3) is 0.0556. The lowest BCUT2D eigenvalue weighted by molar-refractivity contribution is -0.110. The molecule has 2 aromatic carbocycles. The van der Waals surface area contributed by atoms with Gasteiger partial charge in [-0.1, -0.05) is 18.2 Å². The van der Waals surface area contributed by atoms with Gasteiger partial charge in [0, 0.05) is 22.3 Å². The van der Waals surface area contributed by atoms with E-state index in [1.54, 1.807) is 0 Å². The summed E-state index contributed by atoms with van der Waals surface area (Å²) in [4.78, 5) is 12.7. The summed E-state index contributed by atoms with van der Waals surface area (Å²) in [5.41, 5.74) is 3.05. The van der Waals surface area contributed by atoms with Gasteiger partial charge in [-0.3, -0.25) is 9.36 Å². The molecular formula is C18H13FN4OS. The zero-order chi connectivity index (χ0) is 17.4. The quantitative estimate of drug-likeness (QED) is 0.707. The van der Waals surface area contributed by atoms with Crippen LogP contribution in [0, 0.1) is 12.7 Å². The number of amides is 1. The second kappa shape index (κ2) is 6.10. The first-order valence-corrected chi connectivity index (χ1v) is 8.47. The van der Waals surface area contributed by atoms with Gasteiger partial charge in [-0.05, 0) is 37.3 Å². The SMILES string of the molecule is Cc1csc(=NN=C2C(=O)Nc3ccc(F)cc32)n1-c1ccccc1. The molecule has 7 heteroatoms. The molecule has 1 amide bonds. The number of aryl methyl sites for hydroxylation is 1. The Morgan fingerprint density at radius 3 is 2.72 bits per heavy atom. The molecule has 124 valence electrons. The molecule has 1 aliphatic rings. The highest BCUT2D eigenvalue weighted by molar-refractivity contribution is 7.07. The monoisotopic (exact) mass is 352 g/mol. The average Bonchev–Trinajstić information content (AvgIpc) is 3.13. The average molecular weight is 352 g/mol. The second-order valence-electron chi connectivity index (χ2n) is 5.52. The van der Waals surface area contributed by atoms with Crippen LogP contribution in [0.3, 0.4) is 0 Å². The molecule has 1 N–H and O–H groups in total. The summed E-state index contributed by atoms with van der Waals surface area (Å²) in [7, 11) is 0. The zero-order valence-electron chi connectivity index (χ0n) is 13.2. The van der Waals surface area contributed by atoms with E-state index in [1.165, 1.54) is 29.5 Å². The van der Waals surface area contributed by atoms with Gasteiger partial charge in [-0.25, -0.2) is 4.39 Å². The molecule has 2 heterocycles. The highest BCUT2D eigenvalue weighted by Gasteiger charge is 2.26. The first kappa shape index (κ1) is 15.5. The van der Waals surface area contributed by atoms with E-state index >= 15 is 0 Å². The summed E-state index contributed by atoms with van der Waals surface area (Å²) in [5, 5.41) is 13.0. The van der Waals surface area contributed by atoms with Crippen molar-refractivity contribution in [3.63, 3.8) is 0 Å². The van der Waals surface area contributed by atoms with Crippen molar-refractivity contribution >= 4 is 28.6 Å². The van der Waals surface area contributed by atoms with Crippen molar-refractivity contribution in [1.82, 2.24) is 4.57 Å². The lowest BCUT2D eigenvalue weighted by Gasteiger charge is -2.04. The standard InChI is InChI=1S/C18H13FN4OS/c1-11-10-25-18(23(11)13-5-3-2-4-6-13)22-21-16-14-9-12(19)7-8-15(14)20-17(16)24/h2-10H,1H3,(H,20,21,24). The number of thiazole rings is 1. The van der Waals surface area contributed by atoms with Gasteiger partial charge in [-0.15, -0.1) is 21.5 Å². The summed E-state index contributed by atoms with van der Waals surface area (Å²) in [6.07, 6.45) is 0. The van der Waals surface area contributed by atoms with Crippen molar-refractivity contribution < 1.29 is 9.18 Å². The molecule has 3 aromatic rings. The molecule has 0 spiro atoms. The van der Waals surface area contributed by atoms with E-state index in [9.17, 15) is 9.18 Å². The Morgan fingerprint density at radius 1 is 1.12 bits per heavy atom. The third-order valence-electron chi connectivity index (χ3n) is 3.83. The fourth-order valence-corrected chi connectivity index (χ4v) is 3.50. The number of carbonyl (C=O) groups excluding carboxylic acids is 1. The zero-order valence-corrected chi connectivity index (χ0v) is 14.0. The van der Waals surface area contributed by atoms with Crippen LogP contribution in [0.4, 0.5) is 10.1 Å². The number of anilines is 1. The highest BCUT2D eigenvalue weighted by atomic mass is 32.1. The molecule has 0 atom stereocenters. The van der Waals surface area contributed by atoms with Crippen LogP contribution in [0.15, 0.2) is 64.1 Å². The van der Waals surface area contributed by atoms with E-state index < -0.39 is 5.82 Å². The topological polar surface area (TPSA) is 58.8 Å². The first-order valence-electron chi connectivity index (χ1n) is 7.59. The molecule has 1 aromatic heterocycles. The molecule has 25 heavy (non-hydrogen) atoms. The Hall–Kier alpha value is -3.06. The fourth-order valence-electron chi connectivity index (χ4n) is 2.67. The summed E-state index contributed by atoms with van der Waals surface area (Å²) in [5.74, 6) is -0.807. The molecule has 0 fully saturated rings. The minimum absolute atomic E-state index is 0.111. The van der Waals surface area contributed by atoms with Crippen molar-refractivity contribution in [2.24, 2.45) is 10.2 Å². The van der Waals surface area contributed by atoms with Gasteiger partial charge in [0.25, 0.3) is 5.91 Å². The van der Waals surface area contributed by atoms with Crippen molar-refractivity contribution in [2.45, 2.75) is 6.92 Å². The predicted molar refractivity (Wildman–Crippen MR) is 95.5 cm³/mol. The number of fused-ring (bicyclic) bond motifs is 1. The molecule has 0 saturated carbocycles. The van der Waals surface area contributed by atoms with Gasteiger partial charge in [0.05, 0.1) is 5.69 Å². The number of carbonyl (C=O) groups is 1. The van der Waals surface area contributed by atoms with Crippen molar-refractivity contribution in [2.75, 3.05) is 5.32 Å². The Bertz CT molecular complexity index is 1070. The Balaban J connectivity index is 1.83. The summed E-state index contributed by atoms with van der Waals surface area (Å²) in [6, 6.07) is 13.9. The van der Waals surface area contributed by atoms with Crippen molar-refractivity contribution in [1.29, 1.82) is 0 Å². The maximum Gasteiger partial charge on any atom is 0.276 e. The van der Waals surface area contributed by atoms with Crippen LogP contribution >= 0.6 is 11.3 Å². The van der Waals surface area contributed by atoms with Crippen LogP contribution in [0.1, 0.15) is 11.3 Å². The Labute approximate surface area is 146 Å². The number of nitrogens with zero attached hydrogens (tertiary/aromatic N) is 3. The van der Waals surface area contributed by atoms with Gasteiger partial charge < -0.3 is 5.32 Å². The number of aromatic nitrogens is 1.